The van der Waals surface area contributed by atoms with Gasteiger partial charge in [0.05, 0.1) is 13.2 Å². The Morgan fingerprint density at radius 1 is 0.944 bits per heavy atom. The topological polar surface area (TPSA) is 86.7 Å². The van der Waals surface area contributed by atoms with Crippen molar-refractivity contribution in [3.8, 4) is 0 Å². The van der Waals surface area contributed by atoms with Crippen LogP contribution in [0.5, 0.6) is 0 Å². The van der Waals surface area contributed by atoms with Crippen LogP contribution in [0.4, 0.5) is 0 Å². The van der Waals surface area contributed by atoms with Crippen molar-refractivity contribution in [3.05, 3.63) is 0 Å². The van der Waals surface area contributed by atoms with Crippen LogP contribution in [0.25, 0.3) is 0 Å². The maximum absolute atomic E-state index is 11.7. The molecule has 0 aliphatic heterocycles. The summed E-state index contributed by atoms with van der Waals surface area (Å²) in [6.45, 7) is 4.84. The fourth-order valence-electron chi connectivity index (χ4n) is 1.32. The summed E-state index contributed by atoms with van der Waals surface area (Å²) in [5.41, 5.74) is 0. The van der Waals surface area contributed by atoms with E-state index in [0.29, 0.717) is 6.42 Å². The van der Waals surface area contributed by atoms with Crippen LogP contribution in [0.3, 0.4) is 0 Å². The number of ether oxygens (including phenoxy) is 2. The molecule has 6 heteroatoms. The molecular formula is C12H18O6. The molecule has 0 spiro atoms. The van der Waals surface area contributed by atoms with Gasteiger partial charge in [0.2, 0.25) is 0 Å². The molecule has 0 heterocycles. The number of carbonyl (C=O) groups is 4. The molecule has 0 amide bonds. The smallest absolute Gasteiger partial charge is 0.376 e. The lowest BCUT2D eigenvalue weighted by Crippen LogP contribution is -2.38. The van der Waals surface area contributed by atoms with Gasteiger partial charge in [0.25, 0.3) is 5.78 Å². The summed E-state index contributed by atoms with van der Waals surface area (Å²) in [6, 6.07) is 0. The van der Waals surface area contributed by atoms with Crippen LogP contribution in [0, 0.1) is 5.92 Å². The Morgan fingerprint density at radius 3 is 1.94 bits per heavy atom. The van der Waals surface area contributed by atoms with E-state index >= 15 is 0 Å². The summed E-state index contributed by atoms with van der Waals surface area (Å²) in [5.74, 6) is -5.64. The highest BCUT2D eigenvalue weighted by molar-refractivity contribution is 6.43. The van der Waals surface area contributed by atoms with Gasteiger partial charge in [-0.25, -0.2) is 4.79 Å². The standard InChI is InChI=1S/C12H18O6/c1-4-7-8(13)9(11(15)17-5-2)10(14)12(16)18-6-3/h9H,4-7H2,1-3H3. The second-order valence-electron chi connectivity index (χ2n) is 3.49. The van der Waals surface area contributed by atoms with Crippen molar-refractivity contribution in [1.29, 1.82) is 0 Å². The molecule has 0 rings (SSSR count). The Bertz CT molecular complexity index is 315. The number of rotatable bonds is 8. The van der Waals surface area contributed by atoms with E-state index in [0.717, 1.165) is 0 Å². The highest BCUT2D eigenvalue weighted by atomic mass is 16.5. The second kappa shape index (κ2) is 8.38. The lowest BCUT2D eigenvalue weighted by molar-refractivity contribution is -0.164. The first kappa shape index (κ1) is 16.3. The molecule has 0 bridgehead atoms. The molecule has 0 aromatic heterocycles. The van der Waals surface area contributed by atoms with E-state index in [2.05, 4.69) is 9.47 Å². The molecule has 1 unspecified atom stereocenters. The summed E-state index contributed by atoms with van der Waals surface area (Å²) < 4.78 is 9.13. The van der Waals surface area contributed by atoms with Crippen LogP contribution in [0.15, 0.2) is 0 Å². The summed E-state index contributed by atoms with van der Waals surface area (Å²) in [4.78, 5) is 46.2. The maximum atomic E-state index is 11.7. The molecule has 0 fully saturated rings. The number of ketones is 2. The Labute approximate surface area is 106 Å². The molecule has 0 aliphatic carbocycles. The van der Waals surface area contributed by atoms with Crippen LogP contribution in [-0.4, -0.2) is 36.7 Å². The Kier molecular flexibility index (Phi) is 7.58. The molecule has 0 aromatic rings. The van der Waals surface area contributed by atoms with Gasteiger partial charge in [0.15, 0.2) is 11.7 Å². The first-order chi connectivity index (χ1) is 8.49. The lowest BCUT2D eigenvalue weighted by atomic mass is 9.96. The average molecular weight is 258 g/mol. The Morgan fingerprint density at radius 2 is 1.50 bits per heavy atom. The number of Topliss-reactive ketones (excluding diaryl/α,β-unsaturated/α-hetero) is 2. The minimum atomic E-state index is -1.69. The second-order valence-corrected chi connectivity index (χ2v) is 3.49. The van der Waals surface area contributed by atoms with Crippen molar-refractivity contribution in [1.82, 2.24) is 0 Å². The molecule has 0 aliphatic rings. The summed E-state index contributed by atoms with van der Waals surface area (Å²) in [6.07, 6.45) is 0.513. The van der Waals surface area contributed by atoms with Crippen LogP contribution in [0.1, 0.15) is 33.6 Å². The van der Waals surface area contributed by atoms with Crippen molar-refractivity contribution in [3.63, 3.8) is 0 Å². The van der Waals surface area contributed by atoms with Gasteiger partial charge in [-0.15, -0.1) is 0 Å². The molecule has 0 aromatic carbocycles. The maximum Gasteiger partial charge on any atom is 0.376 e. The zero-order valence-electron chi connectivity index (χ0n) is 10.9. The number of esters is 2. The SMILES string of the molecule is CCCC(=O)C(C(=O)OCC)C(=O)C(=O)OCC. The van der Waals surface area contributed by atoms with Crippen LogP contribution in [-0.2, 0) is 28.7 Å². The molecule has 1 atom stereocenters. The highest BCUT2D eigenvalue weighted by Crippen LogP contribution is 2.10. The van der Waals surface area contributed by atoms with Crippen LogP contribution < -0.4 is 0 Å². The minimum absolute atomic E-state index is 0.00207. The summed E-state index contributed by atoms with van der Waals surface area (Å²) in [7, 11) is 0. The predicted octanol–water partition coefficient (Wildman–Crippen LogP) is 0.667. The molecule has 0 N–H and O–H groups in total. The Balaban J connectivity index is 4.96. The summed E-state index contributed by atoms with van der Waals surface area (Å²) in [5, 5.41) is 0. The van der Waals surface area contributed by atoms with E-state index in [4.69, 9.17) is 0 Å². The van der Waals surface area contributed by atoms with Crippen LogP contribution >= 0.6 is 0 Å². The van der Waals surface area contributed by atoms with Gasteiger partial charge >= 0.3 is 11.9 Å². The third-order valence-corrected chi connectivity index (χ3v) is 2.08. The largest absolute Gasteiger partial charge is 0.465 e. The highest BCUT2D eigenvalue weighted by Gasteiger charge is 2.39. The third-order valence-electron chi connectivity index (χ3n) is 2.08. The number of hydrogen-bond donors (Lipinski definition) is 0. The quantitative estimate of drug-likeness (QED) is 0.361. The van der Waals surface area contributed by atoms with E-state index < -0.39 is 29.4 Å². The first-order valence-electron chi connectivity index (χ1n) is 5.89. The van der Waals surface area contributed by atoms with Crippen molar-refractivity contribution in [2.45, 2.75) is 33.6 Å². The molecule has 102 valence electrons. The lowest BCUT2D eigenvalue weighted by Gasteiger charge is -2.12. The molecule has 0 radical (unpaired) electrons. The zero-order valence-corrected chi connectivity index (χ0v) is 10.9. The minimum Gasteiger partial charge on any atom is -0.465 e. The first-order valence-corrected chi connectivity index (χ1v) is 5.89. The normalized spacial score (nSPS) is 11.5. The Hall–Kier alpha value is -1.72. The van der Waals surface area contributed by atoms with E-state index in [-0.39, 0.29) is 19.6 Å². The van der Waals surface area contributed by atoms with Gasteiger partial charge in [0.1, 0.15) is 0 Å². The van der Waals surface area contributed by atoms with Crippen molar-refractivity contribution < 1.29 is 28.7 Å². The van der Waals surface area contributed by atoms with Gasteiger partial charge in [-0.3, -0.25) is 14.4 Å². The predicted molar refractivity (Wildman–Crippen MR) is 61.7 cm³/mol. The van der Waals surface area contributed by atoms with E-state index in [9.17, 15) is 19.2 Å². The van der Waals surface area contributed by atoms with Gasteiger partial charge in [-0.2, -0.15) is 0 Å². The van der Waals surface area contributed by atoms with Gasteiger partial charge < -0.3 is 9.47 Å². The van der Waals surface area contributed by atoms with E-state index in [1.54, 1.807) is 13.8 Å². The molecule has 18 heavy (non-hydrogen) atoms. The molecule has 0 saturated carbocycles. The molecule has 6 nitrogen and oxygen atoms in total. The summed E-state index contributed by atoms with van der Waals surface area (Å²) >= 11 is 0. The van der Waals surface area contributed by atoms with Crippen molar-refractivity contribution >= 4 is 23.5 Å². The van der Waals surface area contributed by atoms with Gasteiger partial charge in [0, 0.05) is 6.42 Å². The fourth-order valence-corrected chi connectivity index (χ4v) is 1.32. The monoisotopic (exact) mass is 258 g/mol. The molecular weight excluding hydrogens is 240 g/mol. The third kappa shape index (κ3) is 4.65. The molecule has 0 saturated heterocycles. The number of hydrogen-bond acceptors (Lipinski definition) is 6. The number of carbonyl (C=O) groups excluding carboxylic acids is 4. The van der Waals surface area contributed by atoms with Crippen LogP contribution in [0.2, 0.25) is 0 Å². The van der Waals surface area contributed by atoms with E-state index in [1.165, 1.54) is 6.92 Å². The fraction of sp³-hybridized carbons (Fsp3) is 0.667. The average Bonchev–Trinajstić information content (AvgIpc) is 2.30. The van der Waals surface area contributed by atoms with Crippen molar-refractivity contribution in [2.24, 2.45) is 5.92 Å². The van der Waals surface area contributed by atoms with Crippen molar-refractivity contribution in [2.75, 3.05) is 13.2 Å². The van der Waals surface area contributed by atoms with E-state index in [1.807, 2.05) is 0 Å². The zero-order chi connectivity index (χ0) is 14.1. The van der Waals surface area contributed by atoms with Gasteiger partial charge in [-0.1, -0.05) is 6.92 Å². The van der Waals surface area contributed by atoms with Gasteiger partial charge in [-0.05, 0) is 20.3 Å².